The van der Waals surface area contributed by atoms with Crippen molar-refractivity contribution in [2.24, 2.45) is 10.8 Å². The summed E-state index contributed by atoms with van der Waals surface area (Å²) in [6.45, 7) is 12.9. The van der Waals surface area contributed by atoms with E-state index < -0.39 is 0 Å². The Bertz CT molecular complexity index is 207. The van der Waals surface area contributed by atoms with Crippen molar-refractivity contribution in [3.05, 3.63) is 12.2 Å². The van der Waals surface area contributed by atoms with Gasteiger partial charge >= 0.3 is 0 Å². The Hall–Kier alpha value is -0.700. The van der Waals surface area contributed by atoms with Crippen molar-refractivity contribution in [1.82, 2.24) is 0 Å². The van der Waals surface area contributed by atoms with Crippen molar-refractivity contribution in [2.45, 2.75) is 41.5 Å². The summed E-state index contributed by atoms with van der Waals surface area (Å²) in [5.41, 5.74) is 0.356. The molecule has 12 heavy (non-hydrogen) atoms. The van der Waals surface area contributed by atoms with Gasteiger partial charge in [0.15, 0.2) is 0 Å². The molecule has 0 nitrogen and oxygen atoms in total. The maximum Gasteiger partial charge on any atom is 0.0233 e. The van der Waals surface area contributed by atoms with Gasteiger partial charge in [-0.15, -0.1) is 0 Å². The van der Waals surface area contributed by atoms with E-state index in [-0.39, 0.29) is 10.8 Å². The van der Waals surface area contributed by atoms with E-state index in [0.717, 1.165) is 0 Å². The summed E-state index contributed by atoms with van der Waals surface area (Å²) >= 11 is 0. The first kappa shape index (κ1) is 11.3. The highest BCUT2D eigenvalue weighted by Gasteiger charge is 2.03. The lowest BCUT2D eigenvalue weighted by Crippen LogP contribution is -1.99. The molecule has 0 heteroatoms. The molecule has 0 aliphatic carbocycles. The maximum absolute atomic E-state index is 3.16. The number of allylic oxidation sites excluding steroid dienone is 2. The zero-order valence-corrected chi connectivity index (χ0v) is 9.15. The van der Waals surface area contributed by atoms with Gasteiger partial charge < -0.3 is 0 Å². The minimum atomic E-state index is 0.113. The molecule has 0 bridgehead atoms. The van der Waals surface area contributed by atoms with E-state index >= 15 is 0 Å². The smallest absolute Gasteiger partial charge is 0.0233 e. The van der Waals surface area contributed by atoms with Crippen LogP contribution < -0.4 is 0 Å². The first-order chi connectivity index (χ1) is 5.21. The van der Waals surface area contributed by atoms with Gasteiger partial charge in [0.25, 0.3) is 0 Å². The van der Waals surface area contributed by atoms with Crippen LogP contribution in [0.3, 0.4) is 0 Å². The molecule has 0 aromatic rings. The normalized spacial score (nSPS) is 12.8. The quantitative estimate of drug-likeness (QED) is 0.479. The van der Waals surface area contributed by atoms with Crippen molar-refractivity contribution in [1.29, 1.82) is 0 Å². The molecule has 0 aromatic heterocycles. The van der Waals surface area contributed by atoms with Gasteiger partial charge in [-0.25, -0.2) is 0 Å². The molecule has 68 valence electrons. The van der Waals surface area contributed by atoms with Gasteiger partial charge in [-0.2, -0.15) is 0 Å². The lowest BCUT2D eigenvalue weighted by atomic mass is 9.95. The first-order valence-corrected chi connectivity index (χ1v) is 4.41. The fraction of sp³-hybridized carbons (Fsp3) is 0.667. The number of hydrogen-bond donors (Lipinski definition) is 0. The third kappa shape index (κ3) is 9.30. The topological polar surface area (TPSA) is 0 Å². The van der Waals surface area contributed by atoms with Crippen molar-refractivity contribution in [2.75, 3.05) is 0 Å². The molecule has 0 fully saturated rings. The molecule has 0 unspecified atom stereocenters. The second-order valence-corrected chi connectivity index (χ2v) is 5.22. The Kier molecular flexibility index (Phi) is 3.58. The monoisotopic (exact) mass is 164 g/mol. The second-order valence-electron chi connectivity index (χ2n) is 5.22. The van der Waals surface area contributed by atoms with E-state index in [1.54, 1.807) is 0 Å². The SMILES string of the molecule is CC(C)(C)C#C/C=C/C(C)(C)C. The summed E-state index contributed by atoms with van der Waals surface area (Å²) in [4.78, 5) is 0. The van der Waals surface area contributed by atoms with Crippen LogP contribution in [-0.4, -0.2) is 0 Å². The standard InChI is InChI=1S/C12H20/c1-11(2,3)9-7-8-10-12(4,5)6/h7,9H,1-6H3/b9-7+. The van der Waals surface area contributed by atoms with Crippen LogP contribution in [0.15, 0.2) is 12.2 Å². The molecule has 0 spiro atoms. The molecule has 0 aliphatic rings. The van der Waals surface area contributed by atoms with Crippen LogP contribution >= 0.6 is 0 Å². The molecule has 0 rings (SSSR count). The minimum Gasteiger partial charge on any atom is -0.0926 e. The zero-order valence-electron chi connectivity index (χ0n) is 9.15. The maximum atomic E-state index is 3.16. The van der Waals surface area contributed by atoms with Gasteiger partial charge in [0.2, 0.25) is 0 Å². The molecule has 0 saturated carbocycles. The summed E-state index contributed by atoms with van der Waals surface area (Å²) in [6.07, 6.45) is 4.08. The van der Waals surface area contributed by atoms with Crippen LogP contribution in [-0.2, 0) is 0 Å². The fourth-order valence-corrected chi connectivity index (χ4v) is 0.550. The summed E-state index contributed by atoms with van der Waals surface area (Å²) in [5.74, 6) is 6.21. The largest absolute Gasteiger partial charge is 0.0926 e. The molecule has 0 radical (unpaired) electrons. The predicted octanol–water partition coefficient (Wildman–Crippen LogP) is 3.64. The lowest BCUT2D eigenvalue weighted by Gasteiger charge is -2.10. The molecule has 0 N–H and O–H groups in total. The summed E-state index contributed by atoms with van der Waals surface area (Å²) in [7, 11) is 0. The van der Waals surface area contributed by atoms with Gasteiger partial charge in [0, 0.05) is 5.41 Å². The summed E-state index contributed by atoms with van der Waals surface area (Å²) < 4.78 is 0. The third-order valence-corrected chi connectivity index (χ3v) is 1.11. The van der Waals surface area contributed by atoms with Crippen molar-refractivity contribution in [3.8, 4) is 11.8 Å². The molecule has 0 heterocycles. The molecular weight excluding hydrogens is 144 g/mol. The van der Waals surface area contributed by atoms with Crippen LogP contribution in [0.1, 0.15) is 41.5 Å². The Morgan fingerprint density at radius 3 is 1.75 bits per heavy atom. The van der Waals surface area contributed by atoms with Gasteiger partial charge in [-0.1, -0.05) is 38.7 Å². The van der Waals surface area contributed by atoms with Gasteiger partial charge in [0.05, 0.1) is 0 Å². The fourth-order valence-electron chi connectivity index (χ4n) is 0.550. The van der Waals surface area contributed by atoms with Crippen molar-refractivity contribution in [3.63, 3.8) is 0 Å². The Morgan fingerprint density at radius 2 is 1.42 bits per heavy atom. The first-order valence-electron chi connectivity index (χ1n) is 4.41. The highest BCUT2D eigenvalue weighted by molar-refractivity contribution is 5.20. The summed E-state index contributed by atoms with van der Waals surface area (Å²) in [6, 6.07) is 0. The number of rotatable bonds is 0. The van der Waals surface area contributed by atoms with E-state index in [2.05, 4.69) is 59.5 Å². The van der Waals surface area contributed by atoms with Gasteiger partial charge in [-0.05, 0) is 32.3 Å². The average Bonchev–Trinajstić information content (AvgIpc) is 1.76. The van der Waals surface area contributed by atoms with Gasteiger partial charge in [0.1, 0.15) is 0 Å². The van der Waals surface area contributed by atoms with E-state index in [1.807, 2.05) is 6.08 Å². The number of hydrogen-bond acceptors (Lipinski definition) is 0. The van der Waals surface area contributed by atoms with Crippen LogP contribution in [0.5, 0.6) is 0 Å². The predicted molar refractivity (Wildman–Crippen MR) is 55.8 cm³/mol. The Balaban J connectivity index is 4.13. The van der Waals surface area contributed by atoms with Crippen LogP contribution in [0.2, 0.25) is 0 Å². The molecular formula is C12H20. The van der Waals surface area contributed by atoms with E-state index in [0.29, 0.717) is 0 Å². The van der Waals surface area contributed by atoms with Crippen molar-refractivity contribution >= 4 is 0 Å². The van der Waals surface area contributed by atoms with E-state index in [9.17, 15) is 0 Å². The Labute approximate surface area is 77.1 Å². The van der Waals surface area contributed by atoms with Crippen LogP contribution in [0.25, 0.3) is 0 Å². The molecule has 0 saturated heterocycles. The molecule has 0 amide bonds. The van der Waals surface area contributed by atoms with Crippen molar-refractivity contribution < 1.29 is 0 Å². The highest BCUT2D eigenvalue weighted by atomic mass is 14.1. The van der Waals surface area contributed by atoms with E-state index in [1.165, 1.54) is 0 Å². The lowest BCUT2D eigenvalue weighted by molar-refractivity contribution is 0.544. The van der Waals surface area contributed by atoms with E-state index in [4.69, 9.17) is 0 Å². The van der Waals surface area contributed by atoms with Crippen LogP contribution in [0, 0.1) is 22.7 Å². The molecule has 0 atom stereocenters. The zero-order chi connectivity index (χ0) is 9.83. The average molecular weight is 164 g/mol. The highest BCUT2D eigenvalue weighted by Crippen LogP contribution is 2.14. The Morgan fingerprint density at radius 1 is 0.917 bits per heavy atom. The van der Waals surface area contributed by atoms with Gasteiger partial charge in [-0.3, -0.25) is 0 Å². The second kappa shape index (κ2) is 3.81. The molecule has 0 aliphatic heterocycles. The third-order valence-electron chi connectivity index (χ3n) is 1.11. The molecule has 0 aromatic carbocycles. The van der Waals surface area contributed by atoms with Crippen LogP contribution in [0.4, 0.5) is 0 Å². The minimum absolute atomic E-state index is 0.113. The summed E-state index contributed by atoms with van der Waals surface area (Å²) in [5, 5.41) is 0.